The number of carbonyl (C=O) groups excluding carboxylic acids is 1. The van der Waals surface area contributed by atoms with Gasteiger partial charge in [0.25, 0.3) is 0 Å². The zero-order valence-electron chi connectivity index (χ0n) is 13.3. The van der Waals surface area contributed by atoms with Crippen molar-refractivity contribution in [1.82, 2.24) is 15.1 Å². The van der Waals surface area contributed by atoms with Gasteiger partial charge in [0.05, 0.1) is 31.3 Å². The van der Waals surface area contributed by atoms with E-state index < -0.39 is 0 Å². The monoisotopic (exact) mass is 292 g/mol. The van der Waals surface area contributed by atoms with Crippen molar-refractivity contribution < 1.29 is 9.53 Å². The van der Waals surface area contributed by atoms with E-state index in [0.717, 1.165) is 17.0 Å². The summed E-state index contributed by atoms with van der Waals surface area (Å²) >= 11 is 0. The quantitative estimate of drug-likeness (QED) is 0.787. The van der Waals surface area contributed by atoms with E-state index in [2.05, 4.69) is 16.5 Å². The molecule has 116 valence electrons. The number of carbonyl (C=O) groups is 1. The van der Waals surface area contributed by atoms with Crippen molar-refractivity contribution in [2.45, 2.75) is 52.6 Å². The summed E-state index contributed by atoms with van der Waals surface area (Å²) in [6, 6.07) is 2.14. The maximum absolute atomic E-state index is 11.9. The topological polar surface area (TPSA) is 79.9 Å². The van der Waals surface area contributed by atoms with Crippen LogP contribution in [0.15, 0.2) is 0 Å². The third-order valence-electron chi connectivity index (χ3n) is 3.39. The Morgan fingerprint density at radius 2 is 2.24 bits per heavy atom. The number of hydrogen-bond acceptors (Lipinski definition) is 4. The molecular weight excluding hydrogens is 268 g/mol. The van der Waals surface area contributed by atoms with Gasteiger partial charge in [-0.15, -0.1) is 0 Å². The molecular formula is C15H24N4O2. The number of methoxy groups -OCH3 is 1. The predicted molar refractivity (Wildman–Crippen MR) is 79.7 cm³/mol. The highest BCUT2D eigenvalue weighted by atomic mass is 16.5. The van der Waals surface area contributed by atoms with Crippen molar-refractivity contribution in [3.8, 4) is 6.07 Å². The van der Waals surface area contributed by atoms with E-state index in [-0.39, 0.29) is 11.9 Å². The van der Waals surface area contributed by atoms with Gasteiger partial charge in [-0.2, -0.15) is 10.4 Å². The van der Waals surface area contributed by atoms with Crippen LogP contribution in [0.3, 0.4) is 0 Å². The Balaban J connectivity index is 2.57. The Kier molecular flexibility index (Phi) is 6.89. The lowest BCUT2D eigenvalue weighted by Crippen LogP contribution is -2.35. The number of nitrogens with one attached hydrogen (secondary N) is 1. The summed E-state index contributed by atoms with van der Waals surface area (Å²) in [5.41, 5.74) is 3.08. The fourth-order valence-electron chi connectivity index (χ4n) is 2.35. The zero-order chi connectivity index (χ0) is 15.8. The van der Waals surface area contributed by atoms with Gasteiger partial charge in [0.15, 0.2) is 0 Å². The van der Waals surface area contributed by atoms with E-state index in [1.54, 1.807) is 7.11 Å². The average Bonchev–Trinajstić information content (AvgIpc) is 2.69. The second-order valence-corrected chi connectivity index (χ2v) is 5.20. The minimum absolute atomic E-state index is 0.0167. The van der Waals surface area contributed by atoms with E-state index in [1.165, 1.54) is 0 Å². The predicted octanol–water partition coefficient (Wildman–Crippen LogP) is 1.50. The maximum Gasteiger partial charge on any atom is 0.220 e. The smallest absolute Gasteiger partial charge is 0.220 e. The SMILES string of the molecule is COCC(C)NC(=O)CCc1c(C)nn(CCC#N)c1C. The lowest BCUT2D eigenvalue weighted by atomic mass is 10.1. The molecule has 0 fully saturated rings. The summed E-state index contributed by atoms with van der Waals surface area (Å²) in [6.45, 7) is 6.95. The molecule has 1 atom stereocenters. The van der Waals surface area contributed by atoms with Gasteiger partial charge in [-0.25, -0.2) is 0 Å². The molecule has 0 aliphatic heterocycles. The largest absolute Gasteiger partial charge is 0.383 e. The average molecular weight is 292 g/mol. The third kappa shape index (κ3) is 5.20. The summed E-state index contributed by atoms with van der Waals surface area (Å²) in [4.78, 5) is 11.9. The van der Waals surface area contributed by atoms with Crippen LogP contribution >= 0.6 is 0 Å². The van der Waals surface area contributed by atoms with E-state index in [9.17, 15) is 4.79 Å². The number of nitrogens with zero attached hydrogens (tertiary/aromatic N) is 3. The summed E-state index contributed by atoms with van der Waals surface area (Å²) in [5.74, 6) is 0.0168. The minimum atomic E-state index is 0.0167. The fraction of sp³-hybridized carbons (Fsp3) is 0.667. The number of rotatable bonds is 8. The number of amides is 1. The molecule has 1 heterocycles. The first-order valence-corrected chi connectivity index (χ1v) is 7.17. The molecule has 0 radical (unpaired) electrons. The fourth-order valence-corrected chi connectivity index (χ4v) is 2.35. The lowest BCUT2D eigenvalue weighted by Gasteiger charge is -2.12. The number of aryl methyl sites for hydroxylation is 2. The second kappa shape index (κ2) is 8.42. The number of ether oxygens (including phenoxy) is 1. The molecule has 1 aromatic heterocycles. The van der Waals surface area contributed by atoms with Crippen molar-refractivity contribution >= 4 is 5.91 Å². The molecule has 0 saturated heterocycles. The van der Waals surface area contributed by atoms with E-state index >= 15 is 0 Å². The molecule has 6 nitrogen and oxygen atoms in total. The van der Waals surface area contributed by atoms with Crippen LogP contribution in [0.1, 0.15) is 36.7 Å². The molecule has 1 amide bonds. The Morgan fingerprint density at radius 1 is 1.52 bits per heavy atom. The molecule has 0 saturated carbocycles. The summed E-state index contributed by atoms with van der Waals surface area (Å²) in [6.07, 6.45) is 1.53. The molecule has 0 bridgehead atoms. The maximum atomic E-state index is 11.9. The molecule has 0 aliphatic rings. The van der Waals surface area contributed by atoms with Gasteiger partial charge in [-0.05, 0) is 32.8 Å². The van der Waals surface area contributed by atoms with Gasteiger partial charge >= 0.3 is 0 Å². The van der Waals surface area contributed by atoms with Crippen LogP contribution in [0.5, 0.6) is 0 Å². The molecule has 0 spiro atoms. The van der Waals surface area contributed by atoms with Crippen LogP contribution in [0.4, 0.5) is 0 Å². The van der Waals surface area contributed by atoms with Gasteiger partial charge < -0.3 is 10.1 Å². The Morgan fingerprint density at radius 3 is 2.86 bits per heavy atom. The van der Waals surface area contributed by atoms with Crippen molar-refractivity contribution in [2.75, 3.05) is 13.7 Å². The standard InChI is InChI=1S/C15H24N4O2/c1-11(10-21-4)17-15(20)7-6-14-12(2)18-19(13(14)3)9-5-8-16/h11H,5-7,9-10H2,1-4H3,(H,17,20). The van der Waals surface area contributed by atoms with Crippen LogP contribution in [0.2, 0.25) is 0 Å². The van der Waals surface area contributed by atoms with Gasteiger partial charge in [-0.3, -0.25) is 9.48 Å². The zero-order valence-corrected chi connectivity index (χ0v) is 13.3. The highest BCUT2D eigenvalue weighted by Crippen LogP contribution is 2.15. The van der Waals surface area contributed by atoms with Crippen LogP contribution < -0.4 is 5.32 Å². The molecule has 6 heteroatoms. The first-order chi connectivity index (χ1) is 9.99. The van der Waals surface area contributed by atoms with Crippen LogP contribution in [-0.2, 0) is 22.5 Å². The Bertz CT molecular complexity index is 516. The molecule has 0 aromatic carbocycles. The minimum Gasteiger partial charge on any atom is -0.383 e. The molecule has 21 heavy (non-hydrogen) atoms. The van der Waals surface area contributed by atoms with Gasteiger partial charge in [0, 0.05) is 25.3 Å². The van der Waals surface area contributed by atoms with Gasteiger partial charge in [-0.1, -0.05) is 0 Å². The van der Waals surface area contributed by atoms with E-state index in [0.29, 0.717) is 32.4 Å². The molecule has 0 aliphatic carbocycles. The normalized spacial score (nSPS) is 12.0. The number of hydrogen-bond donors (Lipinski definition) is 1. The number of nitriles is 1. The molecule has 1 rings (SSSR count). The first-order valence-electron chi connectivity index (χ1n) is 7.17. The van der Waals surface area contributed by atoms with E-state index in [1.807, 2.05) is 25.5 Å². The number of aromatic nitrogens is 2. The van der Waals surface area contributed by atoms with Crippen LogP contribution in [0, 0.1) is 25.2 Å². The lowest BCUT2D eigenvalue weighted by molar-refractivity contribution is -0.122. The van der Waals surface area contributed by atoms with E-state index in [4.69, 9.17) is 10.00 Å². The summed E-state index contributed by atoms with van der Waals surface area (Å²) < 4.78 is 6.84. The second-order valence-electron chi connectivity index (χ2n) is 5.20. The molecule has 1 N–H and O–H groups in total. The summed E-state index contributed by atoms with van der Waals surface area (Å²) in [5, 5.41) is 16.0. The van der Waals surface area contributed by atoms with Crippen molar-refractivity contribution in [3.05, 3.63) is 17.0 Å². The van der Waals surface area contributed by atoms with Crippen molar-refractivity contribution in [1.29, 1.82) is 5.26 Å². The van der Waals surface area contributed by atoms with Crippen LogP contribution in [0.25, 0.3) is 0 Å². The Hall–Kier alpha value is -1.87. The van der Waals surface area contributed by atoms with Gasteiger partial charge in [0.2, 0.25) is 5.91 Å². The van der Waals surface area contributed by atoms with Crippen LogP contribution in [-0.4, -0.2) is 35.4 Å². The van der Waals surface area contributed by atoms with Crippen molar-refractivity contribution in [3.63, 3.8) is 0 Å². The molecule has 1 aromatic rings. The highest BCUT2D eigenvalue weighted by Gasteiger charge is 2.13. The third-order valence-corrected chi connectivity index (χ3v) is 3.39. The molecule has 1 unspecified atom stereocenters. The van der Waals surface area contributed by atoms with Gasteiger partial charge in [0.1, 0.15) is 0 Å². The summed E-state index contributed by atoms with van der Waals surface area (Å²) in [7, 11) is 1.62. The Labute approximate surface area is 126 Å². The van der Waals surface area contributed by atoms with Crippen molar-refractivity contribution in [2.24, 2.45) is 0 Å². The first kappa shape index (κ1) is 17.2. The highest BCUT2D eigenvalue weighted by molar-refractivity contribution is 5.76.